The third-order valence-electron chi connectivity index (χ3n) is 4.73. The van der Waals surface area contributed by atoms with Crippen LogP contribution in [-0.4, -0.2) is 16.5 Å². The van der Waals surface area contributed by atoms with Gasteiger partial charge in [-0.15, -0.1) is 0 Å². The second-order valence-electron chi connectivity index (χ2n) is 6.37. The number of benzene rings is 2. The van der Waals surface area contributed by atoms with Gasteiger partial charge in [0.15, 0.2) is 0 Å². The highest BCUT2D eigenvalue weighted by atomic mass is 28.4. The fourth-order valence-corrected chi connectivity index (χ4v) is 15.2. The molecule has 3 rings (SSSR count). The van der Waals surface area contributed by atoms with E-state index in [0.29, 0.717) is 0 Å². The molecule has 0 saturated carbocycles. The zero-order chi connectivity index (χ0) is 14.1. The van der Waals surface area contributed by atoms with Crippen LogP contribution < -0.4 is 15.0 Å². The van der Waals surface area contributed by atoms with E-state index in [0.717, 1.165) is 0 Å². The van der Waals surface area contributed by atoms with Crippen LogP contribution in [0.3, 0.4) is 0 Å². The molecule has 1 nitrogen and oxygen atoms in total. The molecule has 0 aliphatic carbocycles. The standard InChI is InChI=1S/C17H23NSi2/c1-19(16-10-5-3-6-11-16)14-9-15-20(2,18-19)17-12-7-4-8-13-17/h3-8,10-13,18H,9,14-15H2,1-2H3. The molecule has 1 aliphatic heterocycles. The smallest absolute Gasteiger partial charge is 0.148 e. The molecule has 1 heterocycles. The fourth-order valence-electron chi connectivity index (χ4n) is 3.57. The molecule has 2 aromatic carbocycles. The minimum atomic E-state index is -1.52. The van der Waals surface area contributed by atoms with Gasteiger partial charge in [0.05, 0.1) is 0 Å². The third kappa shape index (κ3) is 2.53. The molecule has 2 aromatic rings. The van der Waals surface area contributed by atoms with Crippen molar-refractivity contribution >= 4 is 26.8 Å². The van der Waals surface area contributed by atoms with Crippen LogP contribution in [0.4, 0.5) is 0 Å². The van der Waals surface area contributed by atoms with Gasteiger partial charge in [-0.25, -0.2) is 0 Å². The summed E-state index contributed by atoms with van der Waals surface area (Å²) >= 11 is 0. The summed E-state index contributed by atoms with van der Waals surface area (Å²) in [6.07, 6.45) is 1.38. The predicted octanol–water partition coefficient (Wildman–Crippen LogP) is 2.94. The average Bonchev–Trinajstić information content (AvgIpc) is 2.49. The van der Waals surface area contributed by atoms with Gasteiger partial charge < -0.3 is 4.65 Å². The van der Waals surface area contributed by atoms with Gasteiger partial charge >= 0.3 is 0 Å². The summed E-state index contributed by atoms with van der Waals surface area (Å²) < 4.78 is 4.22. The quantitative estimate of drug-likeness (QED) is 0.841. The van der Waals surface area contributed by atoms with Gasteiger partial charge in [-0.2, -0.15) is 0 Å². The lowest BCUT2D eigenvalue weighted by Gasteiger charge is -2.44. The Kier molecular flexibility index (Phi) is 3.67. The minimum Gasteiger partial charge on any atom is -0.352 e. The number of hydrogen-bond acceptors (Lipinski definition) is 1. The first-order valence-electron chi connectivity index (χ1n) is 7.53. The first-order chi connectivity index (χ1) is 9.62. The Balaban J connectivity index is 1.94. The maximum absolute atomic E-state index is 4.22. The van der Waals surface area contributed by atoms with E-state index in [-0.39, 0.29) is 0 Å². The van der Waals surface area contributed by atoms with Gasteiger partial charge in [0, 0.05) is 0 Å². The van der Waals surface area contributed by atoms with Crippen molar-refractivity contribution in [3.63, 3.8) is 0 Å². The molecule has 104 valence electrons. The van der Waals surface area contributed by atoms with Crippen molar-refractivity contribution in [1.29, 1.82) is 0 Å². The lowest BCUT2D eigenvalue weighted by molar-refractivity contribution is 0.950. The molecule has 0 radical (unpaired) electrons. The predicted molar refractivity (Wildman–Crippen MR) is 92.8 cm³/mol. The van der Waals surface area contributed by atoms with Crippen molar-refractivity contribution in [3.8, 4) is 0 Å². The Morgan fingerprint density at radius 1 is 0.700 bits per heavy atom. The van der Waals surface area contributed by atoms with E-state index < -0.39 is 16.5 Å². The van der Waals surface area contributed by atoms with Gasteiger partial charge in [0.2, 0.25) is 0 Å². The molecule has 0 spiro atoms. The van der Waals surface area contributed by atoms with E-state index in [2.05, 4.69) is 78.4 Å². The maximum atomic E-state index is 4.22. The molecule has 20 heavy (non-hydrogen) atoms. The van der Waals surface area contributed by atoms with E-state index in [1.807, 2.05) is 0 Å². The topological polar surface area (TPSA) is 12.0 Å². The zero-order valence-electron chi connectivity index (χ0n) is 12.4. The van der Waals surface area contributed by atoms with Crippen molar-refractivity contribution in [1.82, 2.24) is 4.65 Å². The van der Waals surface area contributed by atoms with Crippen molar-refractivity contribution < 1.29 is 0 Å². The third-order valence-corrected chi connectivity index (χ3v) is 15.1. The van der Waals surface area contributed by atoms with E-state index >= 15 is 0 Å². The molecule has 1 N–H and O–H groups in total. The molecule has 1 aliphatic rings. The molecule has 2 atom stereocenters. The van der Waals surface area contributed by atoms with Crippen molar-refractivity contribution in [2.45, 2.75) is 31.6 Å². The van der Waals surface area contributed by atoms with Crippen molar-refractivity contribution in [3.05, 3.63) is 60.7 Å². The number of hydrogen-bond donors (Lipinski definition) is 1. The van der Waals surface area contributed by atoms with Crippen LogP contribution in [0.5, 0.6) is 0 Å². The Morgan fingerprint density at radius 3 is 1.50 bits per heavy atom. The van der Waals surface area contributed by atoms with Crippen LogP contribution >= 0.6 is 0 Å². The van der Waals surface area contributed by atoms with Crippen LogP contribution in [0.15, 0.2) is 60.7 Å². The summed E-state index contributed by atoms with van der Waals surface area (Å²) in [6, 6.07) is 25.0. The van der Waals surface area contributed by atoms with E-state index in [4.69, 9.17) is 0 Å². The normalized spacial score (nSPS) is 30.1. The number of rotatable bonds is 2. The van der Waals surface area contributed by atoms with Crippen LogP contribution in [0, 0.1) is 0 Å². The van der Waals surface area contributed by atoms with Gasteiger partial charge in [0.1, 0.15) is 16.5 Å². The lowest BCUT2D eigenvalue weighted by Crippen LogP contribution is -2.74. The average molecular weight is 298 g/mol. The van der Waals surface area contributed by atoms with Crippen LogP contribution in [0.2, 0.25) is 25.2 Å². The zero-order valence-corrected chi connectivity index (χ0v) is 14.4. The van der Waals surface area contributed by atoms with Crippen molar-refractivity contribution in [2.24, 2.45) is 0 Å². The van der Waals surface area contributed by atoms with Crippen molar-refractivity contribution in [2.75, 3.05) is 0 Å². The molecule has 3 heteroatoms. The van der Waals surface area contributed by atoms with Gasteiger partial charge in [-0.05, 0) is 22.5 Å². The second-order valence-corrected chi connectivity index (χ2v) is 14.9. The molecule has 1 saturated heterocycles. The summed E-state index contributed by atoms with van der Waals surface area (Å²) in [5.41, 5.74) is 0. The highest BCUT2D eigenvalue weighted by molar-refractivity contribution is 7.04. The van der Waals surface area contributed by atoms with Crippen LogP contribution in [0.1, 0.15) is 6.42 Å². The summed E-state index contributed by atoms with van der Waals surface area (Å²) in [6.45, 7) is 5.02. The highest BCUT2D eigenvalue weighted by Crippen LogP contribution is 2.25. The van der Waals surface area contributed by atoms with Gasteiger partial charge in [-0.1, -0.05) is 80.2 Å². The number of nitrogens with one attached hydrogen (secondary N) is 1. The summed E-state index contributed by atoms with van der Waals surface area (Å²) in [5.74, 6) is 0. The lowest BCUT2D eigenvalue weighted by atomic mass is 10.4. The Bertz CT molecular complexity index is 521. The molecule has 0 aromatic heterocycles. The molecule has 0 amide bonds. The molecule has 1 fully saturated rings. The van der Waals surface area contributed by atoms with Gasteiger partial charge in [-0.3, -0.25) is 0 Å². The van der Waals surface area contributed by atoms with Crippen LogP contribution in [0.25, 0.3) is 0 Å². The van der Waals surface area contributed by atoms with Crippen LogP contribution in [-0.2, 0) is 0 Å². The van der Waals surface area contributed by atoms with Gasteiger partial charge in [0.25, 0.3) is 0 Å². The first kappa shape index (κ1) is 13.8. The minimum absolute atomic E-state index is 1.37. The highest BCUT2D eigenvalue weighted by Gasteiger charge is 2.43. The molecular weight excluding hydrogens is 274 g/mol. The molecule has 0 bridgehead atoms. The Hall–Kier alpha value is -1.17. The maximum Gasteiger partial charge on any atom is 0.148 e. The Labute approximate surface area is 124 Å². The summed E-state index contributed by atoms with van der Waals surface area (Å²) in [5, 5.41) is 3.13. The largest absolute Gasteiger partial charge is 0.352 e. The van der Waals surface area contributed by atoms with E-state index in [1.165, 1.54) is 18.5 Å². The summed E-state index contributed by atoms with van der Waals surface area (Å²) in [7, 11) is -3.04. The summed E-state index contributed by atoms with van der Waals surface area (Å²) in [4.78, 5) is 0. The SMILES string of the molecule is C[Si]1(c2ccccc2)CCC[Si](C)(c2ccccc2)N1. The van der Waals surface area contributed by atoms with E-state index in [9.17, 15) is 0 Å². The van der Waals surface area contributed by atoms with E-state index in [1.54, 1.807) is 10.4 Å². The monoisotopic (exact) mass is 297 g/mol. The second kappa shape index (κ2) is 5.32. The first-order valence-corrected chi connectivity index (χ1v) is 12.9. The fraction of sp³-hybridized carbons (Fsp3) is 0.294. The Morgan fingerprint density at radius 2 is 1.10 bits per heavy atom. The molecule has 2 unspecified atom stereocenters. The molecular formula is C17H23NSi2.